The van der Waals surface area contributed by atoms with E-state index in [1.54, 1.807) is 12.1 Å². The third-order valence-electron chi connectivity index (χ3n) is 2.92. The molecule has 5 N–H and O–H groups in total. The number of carboxylic acids is 2. The van der Waals surface area contributed by atoms with Crippen molar-refractivity contribution in [3.05, 3.63) is 35.4 Å². The first-order valence-electron chi connectivity index (χ1n) is 6.72. The van der Waals surface area contributed by atoms with Crippen molar-refractivity contribution in [1.29, 1.82) is 0 Å². The zero-order valence-corrected chi connectivity index (χ0v) is 14.3. The van der Waals surface area contributed by atoms with Crippen LogP contribution in [0.1, 0.15) is 22.3 Å². The van der Waals surface area contributed by atoms with Crippen LogP contribution in [0.5, 0.6) is 0 Å². The summed E-state index contributed by atoms with van der Waals surface area (Å²) >= 11 is 0. The highest BCUT2D eigenvalue weighted by molar-refractivity contribution is 7.84. The number of amides is 1. The fourth-order valence-corrected chi connectivity index (χ4v) is 2.88. The molecule has 134 valence electrons. The second-order valence-electron chi connectivity index (χ2n) is 4.80. The molecule has 10 heteroatoms. The Balaban J connectivity index is 0.00000529. The number of hydrogen-bond donors (Lipinski definition) is 4. The highest BCUT2D eigenvalue weighted by Gasteiger charge is 2.13. The van der Waals surface area contributed by atoms with Crippen LogP contribution >= 0.6 is 12.4 Å². The van der Waals surface area contributed by atoms with E-state index in [1.807, 2.05) is 0 Å². The van der Waals surface area contributed by atoms with E-state index in [4.69, 9.17) is 15.9 Å². The Labute approximate surface area is 147 Å². The number of nitrogens with two attached hydrogens (primary N) is 1. The van der Waals surface area contributed by atoms with E-state index in [0.29, 0.717) is 5.56 Å². The summed E-state index contributed by atoms with van der Waals surface area (Å²) in [6.45, 7) is -0.464. The van der Waals surface area contributed by atoms with Crippen LogP contribution in [0.3, 0.4) is 0 Å². The first kappa shape index (κ1) is 22.0. The van der Waals surface area contributed by atoms with Crippen molar-refractivity contribution in [3.8, 4) is 0 Å². The quantitative estimate of drug-likeness (QED) is 0.471. The lowest BCUT2D eigenvalue weighted by atomic mass is 10.1. The first-order chi connectivity index (χ1) is 10.8. The maximum Gasteiger partial charge on any atom is 0.322 e. The molecule has 8 nitrogen and oxygen atoms in total. The number of nitrogens with one attached hydrogen (secondary N) is 1. The third-order valence-corrected chi connectivity index (χ3v) is 4.26. The summed E-state index contributed by atoms with van der Waals surface area (Å²) in [4.78, 5) is 32.6. The van der Waals surface area contributed by atoms with Gasteiger partial charge in [-0.15, -0.1) is 12.4 Å². The highest BCUT2D eigenvalue weighted by Crippen LogP contribution is 2.08. The van der Waals surface area contributed by atoms with E-state index < -0.39 is 41.2 Å². The van der Waals surface area contributed by atoms with Gasteiger partial charge < -0.3 is 21.3 Å². The molecule has 0 spiro atoms. The molecule has 0 heterocycles. The summed E-state index contributed by atoms with van der Waals surface area (Å²) < 4.78 is 11.9. The van der Waals surface area contributed by atoms with Gasteiger partial charge in [-0.3, -0.25) is 18.6 Å². The molecule has 1 unspecified atom stereocenters. The Morgan fingerprint density at radius 2 is 1.75 bits per heavy atom. The molecule has 0 fully saturated rings. The van der Waals surface area contributed by atoms with Crippen molar-refractivity contribution in [3.63, 3.8) is 0 Å². The average Bonchev–Trinajstić information content (AvgIpc) is 2.50. The number of carbonyl (C=O) groups excluding carboxylic acids is 1. The third kappa shape index (κ3) is 8.04. The summed E-state index contributed by atoms with van der Waals surface area (Å²) in [5.74, 6) is -2.37. The molecule has 2 atom stereocenters. The van der Waals surface area contributed by atoms with Gasteiger partial charge in [0.1, 0.15) is 12.6 Å². The fraction of sp³-hybridized carbons (Fsp3) is 0.357. The molecule has 0 aliphatic carbocycles. The predicted molar refractivity (Wildman–Crippen MR) is 90.6 cm³/mol. The van der Waals surface area contributed by atoms with Crippen LogP contribution in [-0.2, 0) is 26.1 Å². The lowest BCUT2D eigenvalue weighted by molar-refractivity contribution is -0.138. The number of carboxylic acid groups (broad SMARTS) is 2. The van der Waals surface area contributed by atoms with Gasteiger partial charge in [-0.25, -0.2) is 0 Å². The molecule has 0 aromatic heterocycles. The second kappa shape index (κ2) is 10.7. The average molecular weight is 379 g/mol. The molecular weight excluding hydrogens is 360 g/mol. The van der Waals surface area contributed by atoms with E-state index in [-0.39, 0.29) is 30.3 Å². The van der Waals surface area contributed by atoms with E-state index in [2.05, 4.69) is 5.32 Å². The van der Waals surface area contributed by atoms with Gasteiger partial charge in [0.05, 0.1) is 0 Å². The maximum absolute atomic E-state index is 11.9. The van der Waals surface area contributed by atoms with Gasteiger partial charge in [0.15, 0.2) is 0 Å². The number of halogens is 1. The van der Waals surface area contributed by atoms with E-state index >= 15 is 0 Å². The van der Waals surface area contributed by atoms with Crippen molar-refractivity contribution in [1.82, 2.24) is 5.32 Å². The van der Waals surface area contributed by atoms with Crippen LogP contribution in [0, 0.1) is 0 Å². The molecule has 0 aliphatic heterocycles. The van der Waals surface area contributed by atoms with Crippen LogP contribution in [0.2, 0.25) is 0 Å². The van der Waals surface area contributed by atoms with Crippen molar-refractivity contribution in [2.24, 2.45) is 5.73 Å². The smallest absolute Gasteiger partial charge is 0.322 e. The molecule has 0 saturated carbocycles. The lowest BCUT2D eigenvalue weighted by Gasteiger charge is -2.07. The molecule has 1 aromatic rings. The topological polar surface area (TPSA) is 147 Å². The largest absolute Gasteiger partial charge is 0.480 e. The van der Waals surface area contributed by atoms with Gasteiger partial charge >= 0.3 is 11.9 Å². The molecular formula is C14H19ClN2O6S. The molecule has 1 aromatic carbocycles. The fourth-order valence-electron chi connectivity index (χ4n) is 1.65. The Morgan fingerprint density at radius 3 is 2.25 bits per heavy atom. The summed E-state index contributed by atoms with van der Waals surface area (Å²) in [6, 6.07) is 5.22. The first-order valence-corrected chi connectivity index (χ1v) is 8.20. The van der Waals surface area contributed by atoms with Gasteiger partial charge in [0, 0.05) is 27.9 Å². The van der Waals surface area contributed by atoms with Crippen LogP contribution < -0.4 is 11.1 Å². The van der Waals surface area contributed by atoms with Crippen molar-refractivity contribution >= 4 is 41.1 Å². The molecule has 0 bridgehead atoms. The Kier molecular flexibility index (Phi) is 9.86. The minimum atomic E-state index is -1.26. The summed E-state index contributed by atoms with van der Waals surface area (Å²) in [5.41, 5.74) is 6.36. The maximum atomic E-state index is 11.9. The highest BCUT2D eigenvalue weighted by atomic mass is 35.5. The lowest BCUT2D eigenvalue weighted by Crippen LogP contribution is -2.31. The van der Waals surface area contributed by atoms with E-state index in [1.165, 1.54) is 12.1 Å². The Morgan fingerprint density at radius 1 is 1.17 bits per heavy atom. The number of aliphatic carboxylic acids is 2. The van der Waals surface area contributed by atoms with Gasteiger partial charge in [-0.05, 0) is 24.1 Å². The number of hydrogen-bond acceptors (Lipinski definition) is 5. The van der Waals surface area contributed by atoms with Crippen LogP contribution in [-0.4, -0.2) is 50.6 Å². The Hall–Kier alpha value is -1.97. The van der Waals surface area contributed by atoms with Gasteiger partial charge in [0.25, 0.3) is 5.91 Å². The van der Waals surface area contributed by atoms with Crippen LogP contribution in [0.15, 0.2) is 24.3 Å². The number of rotatable bonds is 9. The van der Waals surface area contributed by atoms with Crippen molar-refractivity contribution < 1.29 is 28.8 Å². The monoisotopic (exact) mass is 378 g/mol. The molecule has 24 heavy (non-hydrogen) atoms. The second-order valence-corrected chi connectivity index (χ2v) is 6.37. The minimum Gasteiger partial charge on any atom is -0.480 e. The Bertz CT molecular complexity index is 608. The SMILES string of the molecule is Cl.N[C@@H](CCS(=O)Cc1ccc(C(=O)NCC(=O)O)cc1)C(=O)O. The molecule has 1 amide bonds. The van der Waals surface area contributed by atoms with E-state index in [0.717, 1.165) is 5.56 Å². The van der Waals surface area contributed by atoms with E-state index in [9.17, 15) is 18.6 Å². The normalized spacial score (nSPS) is 12.5. The number of benzene rings is 1. The van der Waals surface area contributed by atoms with Crippen molar-refractivity contribution in [2.75, 3.05) is 12.3 Å². The summed E-state index contributed by atoms with van der Waals surface area (Å²) in [5, 5.41) is 19.4. The van der Waals surface area contributed by atoms with Gasteiger partial charge in [-0.2, -0.15) is 0 Å². The van der Waals surface area contributed by atoms with Crippen LogP contribution in [0.4, 0.5) is 0 Å². The van der Waals surface area contributed by atoms with Crippen molar-refractivity contribution in [2.45, 2.75) is 18.2 Å². The molecule has 0 radical (unpaired) electrons. The molecule has 0 aliphatic rings. The predicted octanol–water partition coefficient (Wildman–Crippen LogP) is -0.0265. The van der Waals surface area contributed by atoms with Crippen LogP contribution in [0.25, 0.3) is 0 Å². The zero-order valence-electron chi connectivity index (χ0n) is 12.6. The minimum absolute atomic E-state index is 0. The van der Waals surface area contributed by atoms with Gasteiger partial charge in [-0.1, -0.05) is 12.1 Å². The summed E-state index contributed by atoms with van der Waals surface area (Å²) in [7, 11) is -1.26. The summed E-state index contributed by atoms with van der Waals surface area (Å²) in [6.07, 6.45) is 0.123. The number of carbonyl (C=O) groups is 3. The molecule has 0 saturated heterocycles. The van der Waals surface area contributed by atoms with Gasteiger partial charge in [0.2, 0.25) is 0 Å². The molecule has 1 rings (SSSR count). The standard InChI is InChI=1S/C14H18N2O6S.ClH/c15-11(14(20)21)5-6-23(22)8-9-1-3-10(4-2-9)13(19)16-7-12(17)18;/h1-4,11H,5-8,15H2,(H,16,19)(H,17,18)(H,20,21);1H/t11-,23?;/m0./s1. The zero-order chi connectivity index (χ0) is 17.4.